The van der Waals surface area contributed by atoms with E-state index in [-0.39, 0.29) is 0 Å². The molecule has 0 radical (unpaired) electrons. The maximum Gasteiger partial charge on any atom is -0.0360 e. The van der Waals surface area contributed by atoms with Crippen LogP contribution >= 0.6 is 0 Å². The van der Waals surface area contributed by atoms with Crippen molar-refractivity contribution in [2.45, 2.75) is 45.4 Å². The summed E-state index contributed by atoms with van der Waals surface area (Å²) in [4.78, 5) is 0. The van der Waals surface area contributed by atoms with Crippen molar-refractivity contribution in [3.05, 3.63) is 0 Å². The van der Waals surface area contributed by atoms with Gasteiger partial charge < -0.3 is 0 Å². The van der Waals surface area contributed by atoms with Crippen molar-refractivity contribution < 1.29 is 0 Å². The fourth-order valence-corrected chi connectivity index (χ4v) is 2.91. The van der Waals surface area contributed by atoms with Gasteiger partial charge in [-0.1, -0.05) is 32.6 Å². The van der Waals surface area contributed by atoms with Crippen LogP contribution in [0.4, 0.5) is 0 Å². The summed E-state index contributed by atoms with van der Waals surface area (Å²) in [6, 6.07) is 0. The maximum atomic E-state index is 2.44. The predicted molar refractivity (Wildman–Crippen MR) is 43.8 cm³/mol. The van der Waals surface area contributed by atoms with Crippen molar-refractivity contribution in [2.75, 3.05) is 0 Å². The Morgan fingerprint density at radius 3 is 2.60 bits per heavy atom. The van der Waals surface area contributed by atoms with E-state index in [0.717, 1.165) is 17.8 Å². The van der Waals surface area contributed by atoms with Crippen LogP contribution in [0.1, 0.15) is 45.4 Å². The Bertz CT molecular complexity index is 117. The largest absolute Gasteiger partial charge is 0.0622 e. The van der Waals surface area contributed by atoms with Gasteiger partial charge >= 0.3 is 0 Å². The van der Waals surface area contributed by atoms with Crippen molar-refractivity contribution in [1.82, 2.24) is 0 Å². The Morgan fingerprint density at radius 2 is 1.80 bits per heavy atom. The molecule has 0 aromatic carbocycles. The molecule has 0 saturated heterocycles. The quantitative estimate of drug-likeness (QED) is 0.482. The molecular formula is C10H18. The molecule has 58 valence electrons. The summed E-state index contributed by atoms with van der Waals surface area (Å²) < 4.78 is 0. The second-order valence-electron chi connectivity index (χ2n) is 4.27. The van der Waals surface area contributed by atoms with Crippen LogP contribution in [0.3, 0.4) is 0 Å². The molecular weight excluding hydrogens is 120 g/mol. The normalized spacial score (nSPS) is 47.1. The molecule has 2 aliphatic rings. The molecule has 0 bridgehead atoms. The summed E-state index contributed by atoms with van der Waals surface area (Å²) in [5.74, 6) is 3.36. The molecule has 0 amide bonds. The number of fused-ring (bicyclic) bond motifs is 1. The van der Waals surface area contributed by atoms with E-state index in [4.69, 9.17) is 0 Å². The standard InChI is InChI=1S/C10H18/c1-8-7-9-5-3-2-4-6-10(8)9/h8-10H,2-7H2,1H3. The monoisotopic (exact) mass is 138 g/mol. The Kier molecular flexibility index (Phi) is 1.71. The van der Waals surface area contributed by atoms with Crippen LogP contribution in [0.25, 0.3) is 0 Å². The molecule has 0 nitrogen and oxygen atoms in total. The van der Waals surface area contributed by atoms with E-state index < -0.39 is 0 Å². The Balaban J connectivity index is 1.93. The predicted octanol–water partition coefficient (Wildman–Crippen LogP) is 3.22. The van der Waals surface area contributed by atoms with Gasteiger partial charge in [0, 0.05) is 0 Å². The molecule has 0 aromatic heterocycles. The molecule has 2 aliphatic carbocycles. The van der Waals surface area contributed by atoms with Crippen LogP contribution in [-0.2, 0) is 0 Å². The van der Waals surface area contributed by atoms with Gasteiger partial charge in [-0.15, -0.1) is 0 Å². The van der Waals surface area contributed by atoms with Gasteiger partial charge in [0.05, 0.1) is 0 Å². The average molecular weight is 138 g/mol. The second kappa shape index (κ2) is 2.56. The zero-order valence-corrected chi connectivity index (χ0v) is 6.97. The Morgan fingerprint density at radius 1 is 1.00 bits per heavy atom. The zero-order valence-electron chi connectivity index (χ0n) is 6.97. The minimum absolute atomic E-state index is 1.07. The van der Waals surface area contributed by atoms with E-state index in [2.05, 4.69) is 6.92 Å². The third-order valence-corrected chi connectivity index (χ3v) is 3.62. The van der Waals surface area contributed by atoms with Crippen LogP contribution in [0.2, 0.25) is 0 Å². The molecule has 0 aliphatic heterocycles. The summed E-state index contributed by atoms with van der Waals surface area (Å²) in [6.07, 6.45) is 9.20. The highest BCUT2D eigenvalue weighted by atomic mass is 14.4. The topological polar surface area (TPSA) is 0 Å². The third kappa shape index (κ3) is 0.980. The smallest absolute Gasteiger partial charge is 0.0360 e. The Labute approximate surface area is 64.0 Å². The van der Waals surface area contributed by atoms with Gasteiger partial charge in [-0.05, 0) is 30.6 Å². The third-order valence-electron chi connectivity index (χ3n) is 3.62. The van der Waals surface area contributed by atoms with Crippen molar-refractivity contribution >= 4 is 0 Å². The molecule has 10 heavy (non-hydrogen) atoms. The fourth-order valence-electron chi connectivity index (χ4n) is 2.91. The van der Waals surface area contributed by atoms with Crippen LogP contribution in [0.5, 0.6) is 0 Å². The van der Waals surface area contributed by atoms with E-state index in [1.807, 2.05) is 0 Å². The van der Waals surface area contributed by atoms with Gasteiger partial charge in [-0.25, -0.2) is 0 Å². The minimum Gasteiger partial charge on any atom is -0.0622 e. The van der Waals surface area contributed by atoms with Crippen molar-refractivity contribution in [2.24, 2.45) is 17.8 Å². The lowest BCUT2D eigenvalue weighted by Gasteiger charge is -2.42. The molecule has 2 rings (SSSR count). The van der Waals surface area contributed by atoms with E-state index in [0.29, 0.717) is 0 Å². The highest BCUT2D eigenvalue weighted by molar-refractivity contribution is 4.87. The SMILES string of the molecule is CC1CC2CCCCCC12. The van der Waals surface area contributed by atoms with Crippen molar-refractivity contribution in [1.29, 1.82) is 0 Å². The van der Waals surface area contributed by atoms with Crippen molar-refractivity contribution in [3.63, 3.8) is 0 Å². The molecule has 2 fully saturated rings. The lowest BCUT2D eigenvalue weighted by Crippen LogP contribution is -2.33. The van der Waals surface area contributed by atoms with Gasteiger partial charge in [0.15, 0.2) is 0 Å². The van der Waals surface area contributed by atoms with Crippen LogP contribution < -0.4 is 0 Å². The number of rotatable bonds is 0. The lowest BCUT2D eigenvalue weighted by atomic mass is 9.63. The van der Waals surface area contributed by atoms with Crippen LogP contribution in [-0.4, -0.2) is 0 Å². The van der Waals surface area contributed by atoms with Gasteiger partial charge in [-0.3, -0.25) is 0 Å². The summed E-state index contributed by atoms with van der Waals surface area (Å²) in [5, 5.41) is 0. The first kappa shape index (κ1) is 6.69. The number of hydrogen-bond donors (Lipinski definition) is 0. The molecule has 3 unspecified atom stereocenters. The zero-order chi connectivity index (χ0) is 6.97. The van der Waals surface area contributed by atoms with E-state index in [9.17, 15) is 0 Å². The van der Waals surface area contributed by atoms with Gasteiger partial charge in [0.2, 0.25) is 0 Å². The molecule has 2 saturated carbocycles. The first-order valence-corrected chi connectivity index (χ1v) is 4.88. The van der Waals surface area contributed by atoms with E-state index in [1.54, 1.807) is 19.3 Å². The van der Waals surface area contributed by atoms with E-state index in [1.165, 1.54) is 19.3 Å². The van der Waals surface area contributed by atoms with Gasteiger partial charge in [0.25, 0.3) is 0 Å². The number of hydrogen-bond acceptors (Lipinski definition) is 0. The van der Waals surface area contributed by atoms with Gasteiger partial charge in [-0.2, -0.15) is 0 Å². The first-order chi connectivity index (χ1) is 4.88. The first-order valence-electron chi connectivity index (χ1n) is 4.88. The molecule has 3 atom stereocenters. The van der Waals surface area contributed by atoms with Gasteiger partial charge in [0.1, 0.15) is 0 Å². The highest BCUT2D eigenvalue weighted by Gasteiger charge is 2.37. The van der Waals surface area contributed by atoms with Crippen LogP contribution in [0, 0.1) is 17.8 Å². The van der Waals surface area contributed by atoms with Crippen molar-refractivity contribution in [3.8, 4) is 0 Å². The molecule has 0 spiro atoms. The average Bonchev–Trinajstić information content (AvgIpc) is 2.09. The summed E-state index contributed by atoms with van der Waals surface area (Å²) in [6.45, 7) is 2.44. The summed E-state index contributed by atoms with van der Waals surface area (Å²) in [7, 11) is 0. The van der Waals surface area contributed by atoms with Crippen LogP contribution in [0.15, 0.2) is 0 Å². The molecule has 0 heteroatoms. The lowest BCUT2D eigenvalue weighted by molar-refractivity contribution is 0.0787. The fraction of sp³-hybridized carbons (Fsp3) is 1.00. The summed E-state index contributed by atoms with van der Waals surface area (Å²) >= 11 is 0. The highest BCUT2D eigenvalue weighted by Crippen LogP contribution is 2.47. The van der Waals surface area contributed by atoms with E-state index >= 15 is 0 Å². The molecule has 0 heterocycles. The molecule has 0 aromatic rings. The minimum atomic E-state index is 1.07. The summed E-state index contributed by atoms with van der Waals surface area (Å²) in [5.41, 5.74) is 0. The molecule has 0 N–H and O–H groups in total. The second-order valence-corrected chi connectivity index (χ2v) is 4.27. The Hall–Kier alpha value is 0. The maximum absolute atomic E-state index is 2.44.